The lowest BCUT2D eigenvalue weighted by molar-refractivity contribution is 0.0805. The molecule has 0 amide bonds. The third-order valence-corrected chi connectivity index (χ3v) is 4.18. The minimum absolute atomic E-state index is 0.300. The molecule has 0 saturated heterocycles. The molecule has 0 N–H and O–H groups in total. The van der Waals surface area contributed by atoms with Crippen molar-refractivity contribution in [3.05, 3.63) is 51.7 Å². The predicted molar refractivity (Wildman–Crippen MR) is 93.5 cm³/mol. The molecule has 0 aliphatic heterocycles. The minimum Gasteiger partial charge on any atom is -0.390 e. The summed E-state index contributed by atoms with van der Waals surface area (Å²) in [5.41, 5.74) is 2.30. The van der Waals surface area contributed by atoms with Gasteiger partial charge in [-0.25, -0.2) is 4.79 Å². The Kier molecular flexibility index (Phi) is 5.19. The van der Waals surface area contributed by atoms with E-state index in [1.165, 1.54) is 17.0 Å². The van der Waals surface area contributed by atoms with Crippen molar-refractivity contribution in [1.82, 2.24) is 0 Å². The second-order valence-corrected chi connectivity index (χ2v) is 5.94. The highest BCUT2D eigenvalue weighted by molar-refractivity contribution is 14.1. The average molecular weight is 399 g/mol. The summed E-state index contributed by atoms with van der Waals surface area (Å²) in [6.45, 7) is 0. The van der Waals surface area contributed by atoms with E-state index in [2.05, 4.69) is 32.2 Å². The third-order valence-electron chi connectivity index (χ3n) is 2.75. The first-order valence-corrected chi connectivity index (χ1v) is 7.68. The van der Waals surface area contributed by atoms with E-state index >= 15 is 0 Å². The van der Waals surface area contributed by atoms with Crippen molar-refractivity contribution in [3.63, 3.8) is 0 Å². The van der Waals surface area contributed by atoms with E-state index in [0.29, 0.717) is 4.88 Å². The van der Waals surface area contributed by atoms with Crippen LogP contribution in [0.4, 0.5) is 5.69 Å². The van der Waals surface area contributed by atoms with Crippen LogP contribution in [-0.4, -0.2) is 20.1 Å². The Morgan fingerprint density at radius 1 is 1.15 bits per heavy atom. The van der Waals surface area contributed by atoms with Gasteiger partial charge in [0.2, 0.25) is 0 Å². The highest BCUT2D eigenvalue weighted by atomic mass is 127. The molecule has 1 heterocycles. The van der Waals surface area contributed by atoms with E-state index < -0.39 is 0 Å². The number of hydrogen-bond donors (Lipinski definition) is 0. The van der Waals surface area contributed by atoms with Crippen molar-refractivity contribution < 1.29 is 7.86 Å². The van der Waals surface area contributed by atoms with E-state index in [-0.39, 0.29) is 5.97 Å². The van der Waals surface area contributed by atoms with E-state index in [0.717, 1.165) is 10.4 Å². The SMILES string of the molecule is CN(C)c1ccc(/C=C/c2ccc(C(=O)OI)s2)cc1. The summed E-state index contributed by atoms with van der Waals surface area (Å²) in [4.78, 5) is 15.1. The van der Waals surface area contributed by atoms with E-state index in [4.69, 9.17) is 0 Å². The lowest BCUT2D eigenvalue weighted by Crippen LogP contribution is -2.07. The molecule has 0 bridgehead atoms. The van der Waals surface area contributed by atoms with Crippen molar-refractivity contribution in [3.8, 4) is 0 Å². The molecule has 3 nitrogen and oxygen atoms in total. The summed E-state index contributed by atoms with van der Waals surface area (Å²) in [7, 11) is 4.04. The molecule has 0 unspecified atom stereocenters. The smallest absolute Gasteiger partial charge is 0.357 e. The lowest BCUT2D eigenvalue weighted by Gasteiger charge is -2.11. The van der Waals surface area contributed by atoms with Crippen molar-refractivity contribution in [1.29, 1.82) is 0 Å². The van der Waals surface area contributed by atoms with Gasteiger partial charge in [0.1, 0.15) is 4.88 Å². The molecule has 104 valence electrons. The van der Waals surface area contributed by atoms with Crippen LogP contribution in [0.1, 0.15) is 20.1 Å². The van der Waals surface area contributed by atoms with Gasteiger partial charge in [-0.05, 0) is 35.9 Å². The van der Waals surface area contributed by atoms with E-state index in [1.807, 2.05) is 32.3 Å². The van der Waals surface area contributed by atoms with Gasteiger partial charge >= 0.3 is 5.97 Å². The lowest BCUT2D eigenvalue weighted by atomic mass is 10.2. The molecule has 20 heavy (non-hydrogen) atoms. The van der Waals surface area contributed by atoms with Crippen molar-refractivity contribution in [2.45, 2.75) is 0 Å². The second kappa shape index (κ2) is 6.90. The summed E-state index contributed by atoms with van der Waals surface area (Å²) in [6.07, 6.45) is 4.03. The van der Waals surface area contributed by atoms with Crippen LogP contribution in [-0.2, 0) is 3.07 Å². The summed E-state index contributed by atoms with van der Waals surface area (Å²) in [5.74, 6) is -0.300. The van der Waals surface area contributed by atoms with Gasteiger partial charge in [-0.2, -0.15) is 0 Å². The fraction of sp³-hybridized carbons (Fsp3) is 0.133. The molecule has 0 fully saturated rings. The fourth-order valence-corrected chi connectivity index (χ4v) is 2.83. The van der Waals surface area contributed by atoms with E-state index in [1.54, 1.807) is 29.1 Å². The number of thiophene rings is 1. The first kappa shape index (κ1) is 15.1. The number of rotatable bonds is 4. The number of anilines is 1. The molecular formula is C15H14INO2S. The minimum atomic E-state index is -0.300. The first-order valence-electron chi connectivity index (χ1n) is 5.98. The standard InChI is InChI=1S/C15H14INO2S/c1-17(2)12-6-3-11(4-7-12)5-8-13-9-10-14(20-13)15(18)19-16/h3-10H,1-2H3/b8-5+. The van der Waals surface area contributed by atoms with Crippen LogP contribution in [0.2, 0.25) is 0 Å². The zero-order chi connectivity index (χ0) is 14.5. The van der Waals surface area contributed by atoms with Crippen molar-refractivity contribution >= 4 is 58.2 Å². The number of carbonyl (C=O) groups is 1. The molecule has 0 atom stereocenters. The summed E-state index contributed by atoms with van der Waals surface area (Å²) in [6, 6.07) is 12.0. The number of nitrogens with zero attached hydrogens (tertiary/aromatic N) is 1. The van der Waals surface area contributed by atoms with Gasteiger partial charge in [0, 0.05) is 24.7 Å². The van der Waals surface area contributed by atoms with Crippen LogP contribution < -0.4 is 4.90 Å². The van der Waals surface area contributed by atoms with Crippen LogP contribution in [0, 0.1) is 0 Å². The zero-order valence-electron chi connectivity index (χ0n) is 11.2. The maximum absolute atomic E-state index is 11.4. The molecular weight excluding hydrogens is 385 g/mol. The van der Waals surface area contributed by atoms with Gasteiger partial charge in [0.15, 0.2) is 23.0 Å². The molecule has 5 heteroatoms. The van der Waals surface area contributed by atoms with Gasteiger partial charge in [0.05, 0.1) is 0 Å². The molecule has 1 aromatic carbocycles. The van der Waals surface area contributed by atoms with E-state index in [9.17, 15) is 4.79 Å². The van der Waals surface area contributed by atoms with Crippen LogP contribution in [0.5, 0.6) is 0 Å². The monoisotopic (exact) mass is 399 g/mol. The van der Waals surface area contributed by atoms with Crippen LogP contribution in [0.3, 0.4) is 0 Å². The normalized spacial score (nSPS) is 10.8. The Hall–Kier alpha value is -1.34. The van der Waals surface area contributed by atoms with Crippen molar-refractivity contribution in [2.75, 3.05) is 19.0 Å². The van der Waals surface area contributed by atoms with Gasteiger partial charge in [-0.3, -0.25) is 0 Å². The third kappa shape index (κ3) is 3.83. The quantitative estimate of drug-likeness (QED) is 0.710. The first-order chi connectivity index (χ1) is 9.60. The van der Waals surface area contributed by atoms with Crippen molar-refractivity contribution in [2.24, 2.45) is 0 Å². The Bertz CT molecular complexity index is 617. The molecule has 2 rings (SSSR count). The molecule has 1 aromatic heterocycles. The highest BCUT2D eigenvalue weighted by Gasteiger charge is 2.08. The number of carbonyl (C=O) groups excluding carboxylic acids is 1. The van der Waals surface area contributed by atoms with Crippen LogP contribution >= 0.6 is 34.3 Å². The predicted octanol–water partition coefficient (Wildman–Crippen LogP) is 4.49. The molecule has 0 saturated carbocycles. The maximum Gasteiger partial charge on any atom is 0.357 e. The zero-order valence-corrected chi connectivity index (χ0v) is 14.1. The molecule has 0 aliphatic carbocycles. The van der Waals surface area contributed by atoms with Gasteiger partial charge in [0.25, 0.3) is 0 Å². The average Bonchev–Trinajstić information content (AvgIpc) is 2.93. The Morgan fingerprint density at radius 3 is 2.45 bits per heavy atom. The number of hydrogen-bond acceptors (Lipinski definition) is 4. The number of benzene rings is 1. The second-order valence-electron chi connectivity index (χ2n) is 4.39. The molecule has 0 spiro atoms. The summed E-state index contributed by atoms with van der Waals surface area (Å²) in [5, 5.41) is 0. The Balaban J connectivity index is 2.09. The number of halogens is 1. The molecule has 2 aromatic rings. The molecule has 0 aliphatic rings. The Labute approximate surface area is 136 Å². The maximum atomic E-state index is 11.4. The summed E-state index contributed by atoms with van der Waals surface area (Å²) < 4.78 is 4.66. The van der Waals surface area contributed by atoms with Gasteiger partial charge in [-0.1, -0.05) is 18.2 Å². The summed E-state index contributed by atoms with van der Waals surface area (Å²) >= 11 is 3.02. The van der Waals surface area contributed by atoms with Gasteiger partial charge < -0.3 is 7.97 Å². The largest absolute Gasteiger partial charge is 0.390 e. The highest BCUT2D eigenvalue weighted by Crippen LogP contribution is 2.21. The van der Waals surface area contributed by atoms with Gasteiger partial charge in [-0.15, -0.1) is 11.3 Å². The van der Waals surface area contributed by atoms with Crippen LogP contribution in [0.15, 0.2) is 36.4 Å². The fourth-order valence-electron chi connectivity index (χ4n) is 1.65. The van der Waals surface area contributed by atoms with Crippen LogP contribution in [0.25, 0.3) is 12.2 Å². The Morgan fingerprint density at radius 2 is 1.85 bits per heavy atom. The topological polar surface area (TPSA) is 29.5 Å². The molecule has 0 radical (unpaired) electrons.